The van der Waals surface area contributed by atoms with Crippen LogP contribution in [0.25, 0.3) is 5.52 Å². The number of likely N-dealkylation sites (tertiary alicyclic amines) is 1. The maximum Gasteiger partial charge on any atom is 0.113 e. The Labute approximate surface area is 115 Å². The number of nitrogens with zero attached hydrogens (tertiary/aromatic N) is 3. The summed E-state index contributed by atoms with van der Waals surface area (Å²) in [5, 5.41) is 0. The maximum absolute atomic E-state index is 4.62. The van der Waals surface area contributed by atoms with Crippen molar-refractivity contribution in [2.75, 3.05) is 19.6 Å². The summed E-state index contributed by atoms with van der Waals surface area (Å²) in [5.41, 5.74) is 2.51. The average molecular weight is 257 g/mol. The molecule has 0 saturated carbocycles. The van der Waals surface area contributed by atoms with Gasteiger partial charge in [-0.3, -0.25) is 0 Å². The smallest absolute Gasteiger partial charge is 0.113 e. The molecule has 3 heterocycles. The van der Waals surface area contributed by atoms with Crippen molar-refractivity contribution in [3.05, 3.63) is 35.9 Å². The molecule has 0 bridgehead atoms. The summed E-state index contributed by atoms with van der Waals surface area (Å²) in [6, 6.07) is 4.31. The highest BCUT2D eigenvalue weighted by atomic mass is 15.1. The van der Waals surface area contributed by atoms with Gasteiger partial charge in [-0.05, 0) is 56.9 Å². The summed E-state index contributed by atoms with van der Waals surface area (Å²) in [5.74, 6) is 2.03. The second kappa shape index (κ2) is 5.33. The minimum Gasteiger partial charge on any atom is -0.304 e. The molecule has 1 fully saturated rings. The molecule has 0 radical (unpaired) electrons. The molecule has 0 aliphatic carbocycles. The molecule has 1 saturated heterocycles. The van der Waals surface area contributed by atoms with Crippen molar-refractivity contribution in [3.63, 3.8) is 0 Å². The van der Waals surface area contributed by atoms with Crippen LogP contribution in [-0.4, -0.2) is 33.9 Å². The van der Waals surface area contributed by atoms with Gasteiger partial charge in [0.2, 0.25) is 0 Å². The minimum atomic E-state index is 0.800. The van der Waals surface area contributed by atoms with Crippen LogP contribution in [0.2, 0.25) is 0 Å². The van der Waals surface area contributed by atoms with E-state index >= 15 is 0 Å². The van der Waals surface area contributed by atoms with Crippen LogP contribution in [-0.2, 0) is 6.42 Å². The SMILES string of the molecule is CCN1CCC(Cc2ncc3ccc(C)cn23)CC1. The Balaban J connectivity index is 1.73. The summed E-state index contributed by atoms with van der Waals surface area (Å²) >= 11 is 0. The number of hydrogen-bond donors (Lipinski definition) is 0. The van der Waals surface area contributed by atoms with E-state index in [0.29, 0.717) is 0 Å². The van der Waals surface area contributed by atoms with Crippen molar-refractivity contribution in [1.29, 1.82) is 0 Å². The van der Waals surface area contributed by atoms with Crippen LogP contribution in [0.4, 0.5) is 0 Å². The third kappa shape index (κ3) is 2.66. The number of piperidine rings is 1. The number of hydrogen-bond acceptors (Lipinski definition) is 2. The van der Waals surface area contributed by atoms with Crippen LogP contribution in [0.3, 0.4) is 0 Å². The van der Waals surface area contributed by atoms with Crippen molar-refractivity contribution in [1.82, 2.24) is 14.3 Å². The molecule has 2 aromatic heterocycles. The van der Waals surface area contributed by atoms with Gasteiger partial charge in [0.25, 0.3) is 0 Å². The lowest BCUT2D eigenvalue weighted by Crippen LogP contribution is -2.34. The molecule has 19 heavy (non-hydrogen) atoms. The van der Waals surface area contributed by atoms with Gasteiger partial charge in [0.1, 0.15) is 5.82 Å². The predicted octanol–water partition coefficient (Wildman–Crippen LogP) is 2.92. The second-order valence-corrected chi connectivity index (χ2v) is 5.76. The van der Waals surface area contributed by atoms with Crippen LogP contribution in [0.5, 0.6) is 0 Å². The Morgan fingerprint density at radius 1 is 1.26 bits per heavy atom. The van der Waals surface area contributed by atoms with E-state index in [0.717, 1.165) is 12.3 Å². The van der Waals surface area contributed by atoms with Gasteiger partial charge < -0.3 is 9.30 Å². The number of pyridine rings is 1. The predicted molar refractivity (Wildman–Crippen MR) is 78.5 cm³/mol. The van der Waals surface area contributed by atoms with Crippen LogP contribution >= 0.6 is 0 Å². The molecule has 3 heteroatoms. The molecule has 0 unspecified atom stereocenters. The Hall–Kier alpha value is -1.35. The average Bonchev–Trinajstić information content (AvgIpc) is 2.82. The van der Waals surface area contributed by atoms with E-state index < -0.39 is 0 Å². The van der Waals surface area contributed by atoms with Gasteiger partial charge in [0, 0.05) is 12.6 Å². The van der Waals surface area contributed by atoms with Crippen LogP contribution in [0.15, 0.2) is 24.5 Å². The maximum atomic E-state index is 4.62. The molecular weight excluding hydrogens is 234 g/mol. The van der Waals surface area contributed by atoms with Crippen molar-refractivity contribution in [2.45, 2.75) is 33.1 Å². The van der Waals surface area contributed by atoms with Crippen molar-refractivity contribution in [3.8, 4) is 0 Å². The molecule has 0 N–H and O–H groups in total. The van der Waals surface area contributed by atoms with Crippen LogP contribution in [0.1, 0.15) is 31.2 Å². The van der Waals surface area contributed by atoms with Gasteiger partial charge in [-0.2, -0.15) is 0 Å². The van der Waals surface area contributed by atoms with E-state index in [1.807, 2.05) is 6.20 Å². The van der Waals surface area contributed by atoms with Gasteiger partial charge in [0.05, 0.1) is 11.7 Å². The molecule has 1 aliphatic rings. The quantitative estimate of drug-likeness (QED) is 0.842. The molecule has 2 aromatic rings. The first-order chi connectivity index (χ1) is 9.26. The highest BCUT2D eigenvalue weighted by Gasteiger charge is 2.19. The van der Waals surface area contributed by atoms with Gasteiger partial charge in [-0.25, -0.2) is 4.98 Å². The normalized spacial score (nSPS) is 18.2. The molecule has 0 atom stereocenters. The third-order valence-electron chi connectivity index (χ3n) is 4.38. The van der Waals surface area contributed by atoms with E-state index in [9.17, 15) is 0 Å². The van der Waals surface area contributed by atoms with E-state index in [2.05, 4.69) is 46.5 Å². The highest BCUT2D eigenvalue weighted by molar-refractivity contribution is 5.46. The lowest BCUT2D eigenvalue weighted by atomic mass is 9.93. The zero-order chi connectivity index (χ0) is 13.2. The Morgan fingerprint density at radius 2 is 2.05 bits per heavy atom. The topological polar surface area (TPSA) is 20.5 Å². The van der Waals surface area contributed by atoms with Crippen LogP contribution in [0, 0.1) is 12.8 Å². The van der Waals surface area contributed by atoms with Gasteiger partial charge >= 0.3 is 0 Å². The summed E-state index contributed by atoms with van der Waals surface area (Å²) in [7, 11) is 0. The van der Waals surface area contributed by atoms with Crippen LogP contribution < -0.4 is 0 Å². The molecular formula is C16H23N3. The first kappa shape index (κ1) is 12.7. The number of imidazole rings is 1. The minimum absolute atomic E-state index is 0.800. The van der Waals surface area contributed by atoms with E-state index in [1.165, 1.54) is 49.4 Å². The molecule has 3 nitrogen and oxygen atoms in total. The molecule has 0 amide bonds. The third-order valence-corrected chi connectivity index (χ3v) is 4.38. The molecule has 1 aliphatic heterocycles. The zero-order valence-electron chi connectivity index (χ0n) is 12.0. The van der Waals surface area contributed by atoms with Gasteiger partial charge in [-0.1, -0.05) is 13.0 Å². The van der Waals surface area contributed by atoms with E-state index in [4.69, 9.17) is 0 Å². The number of rotatable bonds is 3. The zero-order valence-corrected chi connectivity index (χ0v) is 12.0. The van der Waals surface area contributed by atoms with Gasteiger partial charge in [-0.15, -0.1) is 0 Å². The lowest BCUT2D eigenvalue weighted by Gasteiger charge is -2.30. The standard InChI is InChI=1S/C16H23N3/c1-3-18-8-6-14(7-9-18)10-16-17-11-15-5-4-13(2)12-19(15)16/h4-5,11-12,14H,3,6-10H2,1-2H3. The first-order valence-corrected chi connectivity index (χ1v) is 7.41. The summed E-state index contributed by atoms with van der Waals surface area (Å²) < 4.78 is 2.27. The fourth-order valence-corrected chi connectivity index (χ4v) is 3.07. The summed E-state index contributed by atoms with van der Waals surface area (Å²) in [6.45, 7) is 8.10. The molecule has 0 aromatic carbocycles. The van der Waals surface area contributed by atoms with Crippen molar-refractivity contribution < 1.29 is 0 Å². The molecule has 0 spiro atoms. The van der Waals surface area contributed by atoms with Gasteiger partial charge in [0.15, 0.2) is 0 Å². The Bertz CT molecular complexity index is 550. The number of fused-ring (bicyclic) bond motifs is 1. The Morgan fingerprint density at radius 3 is 2.79 bits per heavy atom. The number of aromatic nitrogens is 2. The van der Waals surface area contributed by atoms with Crippen molar-refractivity contribution >= 4 is 5.52 Å². The number of aryl methyl sites for hydroxylation is 1. The highest BCUT2D eigenvalue weighted by Crippen LogP contribution is 2.21. The summed E-state index contributed by atoms with van der Waals surface area (Å²) in [6.07, 6.45) is 7.95. The van der Waals surface area contributed by atoms with Crippen molar-refractivity contribution in [2.24, 2.45) is 5.92 Å². The Kier molecular flexibility index (Phi) is 3.56. The second-order valence-electron chi connectivity index (χ2n) is 5.76. The lowest BCUT2D eigenvalue weighted by molar-refractivity contribution is 0.191. The largest absolute Gasteiger partial charge is 0.304 e. The molecule has 3 rings (SSSR count). The fourth-order valence-electron chi connectivity index (χ4n) is 3.07. The first-order valence-electron chi connectivity index (χ1n) is 7.41. The van der Waals surface area contributed by atoms with E-state index in [1.54, 1.807) is 0 Å². The monoisotopic (exact) mass is 257 g/mol. The van der Waals surface area contributed by atoms with E-state index in [-0.39, 0.29) is 0 Å². The summed E-state index contributed by atoms with van der Waals surface area (Å²) in [4.78, 5) is 7.17. The molecule has 102 valence electrons. The fraction of sp³-hybridized carbons (Fsp3) is 0.562.